The molecular formula is C22H30N2O. The van der Waals surface area contributed by atoms with E-state index in [9.17, 15) is 4.79 Å². The van der Waals surface area contributed by atoms with Gasteiger partial charge in [0.1, 0.15) is 5.78 Å². The van der Waals surface area contributed by atoms with Crippen molar-refractivity contribution in [3.63, 3.8) is 0 Å². The Morgan fingerprint density at radius 1 is 1.44 bits per heavy atom. The van der Waals surface area contributed by atoms with Crippen molar-refractivity contribution in [2.24, 2.45) is 17.3 Å². The molecule has 0 saturated heterocycles. The lowest BCUT2D eigenvalue weighted by Crippen LogP contribution is -2.28. The average molecular weight is 338 g/mol. The predicted molar refractivity (Wildman–Crippen MR) is 101 cm³/mol. The van der Waals surface area contributed by atoms with Crippen LogP contribution in [0.3, 0.4) is 0 Å². The normalized spacial score (nSPS) is 28.7. The largest absolute Gasteiger partial charge is 0.330 e. The highest BCUT2D eigenvalue weighted by atomic mass is 16.1. The molecule has 1 aromatic heterocycles. The number of fused-ring (bicyclic) bond motifs is 1. The van der Waals surface area contributed by atoms with Crippen LogP contribution in [-0.4, -0.2) is 15.3 Å². The molecule has 3 heteroatoms. The van der Waals surface area contributed by atoms with Crippen LogP contribution in [-0.2, 0) is 4.79 Å². The third-order valence-corrected chi connectivity index (χ3v) is 6.31. The van der Waals surface area contributed by atoms with Gasteiger partial charge in [-0.05, 0) is 43.1 Å². The highest BCUT2D eigenvalue weighted by Crippen LogP contribution is 2.45. The Kier molecular flexibility index (Phi) is 5.15. The van der Waals surface area contributed by atoms with Crippen LogP contribution in [0.4, 0.5) is 0 Å². The number of hydrogen-bond donors (Lipinski definition) is 0. The molecule has 1 aromatic rings. The first-order valence-corrected chi connectivity index (χ1v) is 9.50. The lowest BCUT2D eigenvalue weighted by Gasteiger charge is -2.34. The highest BCUT2D eigenvalue weighted by molar-refractivity contribution is 5.81. The average Bonchev–Trinajstić information content (AvgIpc) is 3.12. The van der Waals surface area contributed by atoms with Gasteiger partial charge in [-0.25, -0.2) is 4.98 Å². The number of ketones is 1. The molecule has 1 fully saturated rings. The molecule has 0 aromatic carbocycles. The molecule has 134 valence electrons. The van der Waals surface area contributed by atoms with Crippen molar-refractivity contribution in [3.8, 4) is 0 Å². The molecule has 3 rings (SSSR count). The van der Waals surface area contributed by atoms with E-state index in [4.69, 9.17) is 0 Å². The molecular weight excluding hydrogens is 308 g/mol. The van der Waals surface area contributed by atoms with E-state index in [-0.39, 0.29) is 12.0 Å². The van der Waals surface area contributed by atoms with Crippen LogP contribution in [0.5, 0.6) is 0 Å². The van der Waals surface area contributed by atoms with Gasteiger partial charge >= 0.3 is 0 Å². The minimum atomic E-state index is 0.224. The number of carbonyl (C=O) groups is 1. The Morgan fingerprint density at radius 3 is 2.84 bits per heavy atom. The molecule has 25 heavy (non-hydrogen) atoms. The Bertz CT molecular complexity index is 695. The summed E-state index contributed by atoms with van der Waals surface area (Å²) in [6.45, 7) is 10.5. The van der Waals surface area contributed by atoms with E-state index in [2.05, 4.69) is 48.7 Å². The van der Waals surface area contributed by atoms with Crippen LogP contribution in [0.15, 0.2) is 43.1 Å². The molecule has 2 heterocycles. The number of aromatic nitrogens is 2. The van der Waals surface area contributed by atoms with Gasteiger partial charge in [-0.2, -0.15) is 0 Å². The SMILES string of the molecule is C=C=C/C=C\C1c2cncn2C(CC(=O)C2CCC(C)(C)CC2)[C@@H]1C. The summed E-state index contributed by atoms with van der Waals surface area (Å²) in [5, 5.41) is 0. The van der Waals surface area contributed by atoms with Gasteiger partial charge in [0.25, 0.3) is 0 Å². The molecule has 1 aliphatic heterocycles. The van der Waals surface area contributed by atoms with Crippen molar-refractivity contribution in [2.45, 2.75) is 64.8 Å². The Labute approximate surface area is 151 Å². The fraction of sp³-hybridized carbons (Fsp3) is 0.591. The van der Waals surface area contributed by atoms with Gasteiger partial charge in [-0.15, -0.1) is 5.73 Å². The smallest absolute Gasteiger partial charge is 0.138 e. The zero-order chi connectivity index (χ0) is 18.0. The van der Waals surface area contributed by atoms with E-state index >= 15 is 0 Å². The summed E-state index contributed by atoms with van der Waals surface area (Å²) in [4.78, 5) is 17.3. The number of carbonyl (C=O) groups excluding carboxylic acids is 1. The van der Waals surface area contributed by atoms with Crippen molar-refractivity contribution in [3.05, 3.63) is 48.8 Å². The topological polar surface area (TPSA) is 34.9 Å². The fourth-order valence-corrected chi connectivity index (χ4v) is 4.51. The van der Waals surface area contributed by atoms with Crippen molar-refractivity contribution in [1.82, 2.24) is 9.55 Å². The Hall–Kier alpha value is -1.86. The van der Waals surface area contributed by atoms with Gasteiger partial charge in [0.05, 0.1) is 6.33 Å². The zero-order valence-electron chi connectivity index (χ0n) is 15.7. The molecule has 2 aliphatic rings. The molecule has 1 saturated carbocycles. The van der Waals surface area contributed by atoms with Gasteiger partial charge in [0.2, 0.25) is 0 Å². The number of nitrogens with zero attached hydrogens (tertiary/aromatic N) is 2. The minimum Gasteiger partial charge on any atom is -0.330 e. The molecule has 1 aliphatic carbocycles. The first kappa shape index (κ1) is 17.9. The van der Waals surface area contributed by atoms with Crippen LogP contribution < -0.4 is 0 Å². The van der Waals surface area contributed by atoms with Crippen LogP contribution in [0, 0.1) is 17.3 Å². The standard InChI is InChI=1S/C22H30N2O/c1-5-6-7-8-18-16(2)19(24-15-23-14-20(18)24)13-21(25)17-9-11-22(3,4)12-10-17/h6-8,14-19H,1,9-13H2,2-4H3/b8-7-/t16-,18?,19?/m1/s1. The molecule has 0 bridgehead atoms. The zero-order valence-corrected chi connectivity index (χ0v) is 15.7. The number of hydrogen-bond acceptors (Lipinski definition) is 2. The van der Waals surface area contributed by atoms with Gasteiger partial charge in [-0.1, -0.05) is 39.5 Å². The molecule has 3 atom stereocenters. The van der Waals surface area contributed by atoms with E-state index in [1.54, 1.807) is 0 Å². The third kappa shape index (κ3) is 3.72. The second-order valence-electron chi connectivity index (χ2n) is 8.54. The fourth-order valence-electron chi connectivity index (χ4n) is 4.51. The van der Waals surface area contributed by atoms with Gasteiger partial charge in [-0.3, -0.25) is 4.79 Å². The van der Waals surface area contributed by atoms with Crippen molar-refractivity contribution < 1.29 is 4.79 Å². The van der Waals surface area contributed by atoms with Crippen LogP contribution in [0.1, 0.15) is 70.5 Å². The number of Topliss-reactive ketones (excluding diaryl/α,β-unsaturated/α-hetero) is 1. The van der Waals surface area contributed by atoms with E-state index in [1.807, 2.05) is 24.7 Å². The lowest BCUT2D eigenvalue weighted by atomic mass is 9.71. The molecule has 0 amide bonds. The number of imidazole rings is 1. The Balaban J connectivity index is 1.70. The third-order valence-electron chi connectivity index (χ3n) is 6.31. The summed E-state index contributed by atoms with van der Waals surface area (Å²) in [6.07, 6.45) is 14.9. The first-order chi connectivity index (χ1) is 11.9. The van der Waals surface area contributed by atoms with Crippen LogP contribution >= 0.6 is 0 Å². The lowest BCUT2D eigenvalue weighted by molar-refractivity contribution is -0.125. The quantitative estimate of drug-likeness (QED) is 0.544. The maximum Gasteiger partial charge on any atom is 0.138 e. The Morgan fingerprint density at radius 2 is 2.16 bits per heavy atom. The van der Waals surface area contributed by atoms with E-state index in [1.165, 1.54) is 18.5 Å². The maximum absolute atomic E-state index is 12.9. The van der Waals surface area contributed by atoms with Crippen LogP contribution in [0.25, 0.3) is 0 Å². The number of allylic oxidation sites excluding steroid dienone is 3. The summed E-state index contributed by atoms with van der Waals surface area (Å²) >= 11 is 0. The van der Waals surface area contributed by atoms with Gasteiger partial charge in [0, 0.05) is 36.2 Å². The number of rotatable bonds is 5. The summed E-state index contributed by atoms with van der Waals surface area (Å²) in [5.41, 5.74) is 4.40. The molecule has 0 N–H and O–H groups in total. The summed E-state index contributed by atoms with van der Waals surface area (Å²) in [6, 6.07) is 0.224. The molecule has 0 radical (unpaired) electrons. The highest BCUT2D eigenvalue weighted by Gasteiger charge is 2.39. The first-order valence-electron chi connectivity index (χ1n) is 9.50. The van der Waals surface area contributed by atoms with E-state index in [0.717, 1.165) is 12.8 Å². The minimum absolute atomic E-state index is 0.224. The van der Waals surface area contributed by atoms with Gasteiger partial charge in [0.15, 0.2) is 0 Å². The summed E-state index contributed by atoms with van der Waals surface area (Å²) < 4.78 is 2.22. The van der Waals surface area contributed by atoms with Crippen molar-refractivity contribution in [1.29, 1.82) is 0 Å². The summed E-state index contributed by atoms with van der Waals surface area (Å²) in [7, 11) is 0. The van der Waals surface area contributed by atoms with Gasteiger partial charge < -0.3 is 4.57 Å². The molecule has 0 spiro atoms. The molecule has 2 unspecified atom stereocenters. The van der Waals surface area contributed by atoms with Crippen molar-refractivity contribution >= 4 is 5.78 Å². The maximum atomic E-state index is 12.9. The summed E-state index contributed by atoms with van der Waals surface area (Å²) in [5.74, 6) is 1.40. The molecule has 3 nitrogen and oxygen atoms in total. The second-order valence-corrected chi connectivity index (χ2v) is 8.54. The monoisotopic (exact) mass is 338 g/mol. The predicted octanol–water partition coefficient (Wildman–Crippen LogP) is 5.23. The van der Waals surface area contributed by atoms with Crippen molar-refractivity contribution in [2.75, 3.05) is 0 Å². The van der Waals surface area contributed by atoms with Crippen LogP contribution in [0.2, 0.25) is 0 Å². The second kappa shape index (κ2) is 7.17. The van der Waals surface area contributed by atoms with E-state index in [0.29, 0.717) is 29.5 Å². The van der Waals surface area contributed by atoms with E-state index < -0.39 is 0 Å².